The molecule has 2 aromatic carbocycles. The minimum atomic E-state index is -0.579. The summed E-state index contributed by atoms with van der Waals surface area (Å²) in [5.74, 6) is -0.949. The van der Waals surface area contributed by atoms with Crippen LogP contribution in [-0.4, -0.2) is 47.6 Å². The Morgan fingerprint density at radius 1 is 1.14 bits per heavy atom. The summed E-state index contributed by atoms with van der Waals surface area (Å²) >= 11 is 0. The van der Waals surface area contributed by atoms with E-state index in [4.69, 9.17) is 9.47 Å². The lowest BCUT2D eigenvalue weighted by atomic mass is 10.1. The number of ether oxygens (including phenoxy) is 2. The summed E-state index contributed by atoms with van der Waals surface area (Å²) in [4.78, 5) is 36.6. The van der Waals surface area contributed by atoms with Gasteiger partial charge in [0.1, 0.15) is 12.1 Å². The van der Waals surface area contributed by atoms with E-state index < -0.39 is 23.0 Å². The summed E-state index contributed by atoms with van der Waals surface area (Å²) in [5, 5.41) is 10.7. The number of methoxy groups -OCH3 is 1. The molecule has 0 saturated carbocycles. The Morgan fingerprint density at radius 2 is 1.82 bits per heavy atom. The largest absolute Gasteiger partial charge is 0.468 e. The monoisotopic (exact) mass is 384 g/mol. The molecule has 0 N–H and O–H groups in total. The Bertz CT molecular complexity index is 853. The number of carbonyl (C=O) groups excluding carboxylic acids is 2. The van der Waals surface area contributed by atoms with Crippen LogP contribution in [0.25, 0.3) is 0 Å². The zero-order chi connectivity index (χ0) is 20.1. The fourth-order valence-corrected chi connectivity index (χ4v) is 3.26. The van der Waals surface area contributed by atoms with Gasteiger partial charge in [-0.15, -0.1) is 0 Å². The first-order chi connectivity index (χ1) is 13.5. The van der Waals surface area contributed by atoms with Gasteiger partial charge in [-0.3, -0.25) is 19.8 Å². The molecule has 3 rings (SSSR count). The third-order valence-corrected chi connectivity index (χ3v) is 4.65. The maximum atomic E-state index is 12.4. The minimum Gasteiger partial charge on any atom is -0.468 e. The normalized spacial score (nSPS) is 19.2. The van der Waals surface area contributed by atoms with E-state index in [1.807, 2.05) is 35.2 Å². The number of nitro groups is 1. The predicted molar refractivity (Wildman–Crippen MR) is 99.6 cm³/mol. The number of carbonyl (C=O) groups is 2. The Labute approximate surface area is 161 Å². The van der Waals surface area contributed by atoms with Crippen LogP contribution < -0.4 is 0 Å². The van der Waals surface area contributed by atoms with Crippen molar-refractivity contribution in [3.8, 4) is 0 Å². The smallest absolute Gasteiger partial charge is 0.338 e. The average molecular weight is 384 g/mol. The highest BCUT2D eigenvalue weighted by Gasteiger charge is 2.39. The Morgan fingerprint density at radius 3 is 2.43 bits per heavy atom. The van der Waals surface area contributed by atoms with Gasteiger partial charge in [0.2, 0.25) is 0 Å². The topological polar surface area (TPSA) is 99.0 Å². The van der Waals surface area contributed by atoms with Crippen molar-refractivity contribution in [3.05, 3.63) is 75.8 Å². The molecule has 0 amide bonds. The molecule has 0 aliphatic carbocycles. The number of hydrogen-bond acceptors (Lipinski definition) is 7. The summed E-state index contributed by atoms with van der Waals surface area (Å²) in [7, 11) is 1.33. The van der Waals surface area contributed by atoms with Crippen LogP contribution in [0.1, 0.15) is 22.3 Å². The number of non-ortho nitro benzene ring substituents is 1. The first-order valence-corrected chi connectivity index (χ1v) is 8.79. The summed E-state index contributed by atoms with van der Waals surface area (Å²) < 4.78 is 10.4. The van der Waals surface area contributed by atoms with Crippen molar-refractivity contribution >= 4 is 17.6 Å². The third kappa shape index (κ3) is 4.52. The van der Waals surface area contributed by atoms with Crippen LogP contribution in [-0.2, 0) is 20.8 Å². The first-order valence-electron chi connectivity index (χ1n) is 8.79. The van der Waals surface area contributed by atoms with Gasteiger partial charge < -0.3 is 9.47 Å². The van der Waals surface area contributed by atoms with Crippen LogP contribution >= 0.6 is 0 Å². The van der Waals surface area contributed by atoms with Gasteiger partial charge in [0.15, 0.2) is 0 Å². The molecule has 0 bridgehead atoms. The lowest BCUT2D eigenvalue weighted by Crippen LogP contribution is -2.36. The summed E-state index contributed by atoms with van der Waals surface area (Å²) in [6.45, 7) is 0.930. The van der Waals surface area contributed by atoms with E-state index in [0.717, 1.165) is 5.56 Å². The van der Waals surface area contributed by atoms with Crippen LogP contribution in [0.4, 0.5) is 5.69 Å². The van der Waals surface area contributed by atoms with Crippen molar-refractivity contribution in [1.82, 2.24) is 4.90 Å². The quantitative estimate of drug-likeness (QED) is 0.429. The number of benzene rings is 2. The molecule has 0 aromatic heterocycles. The maximum Gasteiger partial charge on any atom is 0.338 e. The highest BCUT2D eigenvalue weighted by atomic mass is 16.6. The molecular weight excluding hydrogens is 364 g/mol. The first kappa shape index (κ1) is 19.5. The van der Waals surface area contributed by atoms with E-state index in [9.17, 15) is 19.7 Å². The molecule has 1 saturated heterocycles. The predicted octanol–water partition coefficient (Wildman–Crippen LogP) is 2.57. The Balaban J connectivity index is 1.67. The van der Waals surface area contributed by atoms with E-state index in [1.54, 1.807) is 0 Å². The summed E-state index contributed by atoms with van der Waals surface area (Å²) in [6.07, 6.45) is -0.145. The second-order valence-electron chi connectivity index (χ2n) is 6.52. The van der Waals surface area contributed by atoms with Crippen LogP contribution in [0.3, 0.4) is 0 Å². The molecule has 146 valence electrons. The van der Waals surface area contributed by atoms with Gasteiger partial charge >= 0.3 is 11.9 Å². The van der Waals surface area contributed by atoms with Crippen molar-refractivity contribution in [2.45, 2.75) is 25.1 Å². The second kappa shape index (κ2) is 8.62. The Hall–Kier alpha value is -3.26. The number of rotatable bonds is 6. The number of hydrogen-bond donors (Lipinski definition) is 0. The van der Waals surface area contributed by atoms with Crippen molar-refractivity contribution in [2.24, 2.45) is 0 Å². The molecule has 2 aromatic rings. The number of nitro benzene ring substituents is 1. The zero-order valence-corrected chi connectivity index (χ0v) is 15.3. The van der Waals surface area contributed by atoms with Gasteiger partial charge in [-0.25, -0.2) is 4.79 Å². The molecule has 0 radical (unpaired) electrons. The molecule has 2 atom stereocenters. The molecule has 0 spiro atoms. The van der Waals surface area contributed by atoms with Crippen molar-refractivity contribution < 1.29 is 24.0 Å². The average Bonchev–Trinajstić information content (AvgIpc) is 3.10. The van der Waals surface area contributed by atoms with Gasteiger partial charge in [0.25, 0.3) is 5.69 Å². The van der Waals surface area contributed by atoms with Gasteiger partial charge in [-0.05, 0) is 17.7 Å². The lowest BCUT2D eigenvalue weighted by Gasteiger charge is -2.21. The molecule has 1 aliphatic heterocycles. The molecule has 1 heterocycles. The highest BCUT2D eigenvalue weighted by Crippen LogP contribution is 2.25. The van der Waals surface area contributed by atoms with E-state index >= 15 is 0 Å². The second-order valence-corrected chi connectivity index (χ2v) is 6.52. The lowest BCUT2D eigenvalue weighted by molar-refractivity contribution is -0.384. The molecule has 8 nitrogen and oxygen atoms in total. The van der Waals surface area contributed by atoms with E-state index in [1.165, 1.54) is 31.4 Å². The maximum absolute atomic E-state index is 12.4. The summed E-state index contributed by atoms with van der Waals surface area (Å²) in [6, 6.07) is 14.4. The number of nitrogens with zero attached hydrogens (tertiary/aromatic N) is 2. The van der Waals surface area contributed by atoms with E-state index in [2.05, 4.69) is 0 Å². The summed E-state index contributed by atoms with van der Waals surface area (Å²) in [5.41, 5.74) is 1.16. The van der Waals surface area contributed by atoms with Gasteiger partial charge in [0, 0.05) is 31.6 Å². The molecule has 1 aliphatic rings. The van der Waals surface area contributed by atoms with Crippen LogP contribution in [0.15, 0.2) is 54.6 Å². The van der Waals surface area contributed by atoms with E-state index in [-0.39, 0.29) is 17.2 Å². The molecule has 1 fully saturated rings. The van der Waals surface area contributed by atoms with Crippen LogP contribution in [0.5, 0.6) is 0 Å². The molecule has 8 heteroatoms. The standard InChI is InChI=1S/C20H20N2O6/c1-27-20(24)18-11-17(13-21(18)12-14-5-3-2-4-6-14)28-19(23)15-7-9-16(10-8-15)22(25)26/h2-10,17-18H,11-13H2,1H3. The highest BCUT2D eigenvalue weighted by molar-refractivity contribution is 5.89. The molecular formula is C20H20N2O6. The number of esters is 2. The SMILES string of the molecule is COC(=O)C1CC(OC(=O)c2ccc([N+](=O)[O-])cc2)CN1Cc1ccccc1. The van der Waals surface area contributed by atoms with Crippen LogP contribution in [0, 0.1) is 10.1 Å². The van der Waals surface area contributed by atoms with Crippen LogP contribution in [0.2, 0.25) is 0 Å². The number of likely N-dealkylation sites (tertiary alicyclic amines) is 1. The zero-order valence-electron chi connectivity index (χ0n) is 15.3. The van der Waals surface area contributed by atoms with Gasteiger partial charge in [0.05, 0.1) is 17.6 Å². The van der Waals surface area contributed by atoms with Crippen molar-refractivity contribution in [2.75, 3.05) is 13.7 Å². The Kier molecular flexibility index (Phi) is 6.00. The van der Waals surface area contributed by atoms with E-state index in [0.29, 0.717) is 19.5 Å². The van der Waals surface area contributed by atoms with Crippen molar-refractivity contribution in [1.29, 1.82) is 0 Å². The third-order valence-electron chi connectivity index (χ3n) is 4.65. The molecule has 28 heavy (non-hydrogen) atoms. The van der Waals surface area contributed by atoms with Crippen molar-refractivity contribution in [3.63, 3.8) is 0 Å². The minimum absolute atomic E-state index is 0.0998. The fourth-order valence-electron chi connectivity index (χ4n) is 3.26. The molecule has 2 unspecified atom stereocenters. The van der Waals surface area contributed by atoms with Gasteiger partial charge in [-0.1, -0.05) is 30.3 Å². The van der Waals surface area contributed by atoms with Gasteiger partial charge in [-0.2, -0.15) is 0 Å². The fraction of sp³-hybridized carbons (Fsp3) is 0.300.